The predicted octanol–water partition coefficient (Wildman–Crippen LogP) is 3.36. The van der Waals surface area contributed by atoms with Crippen LogP contribution in [0.15, 0.2) is 54.6 Å². The maximum atomic E-state index is 12.7. The fourth-order valence-corrected chi connectivity index (χ4v) is 3.91. The molecule has 1 fully saturated rings. The average molecular weight is 433 g/mol. The van der Waals surface area contributed by atoms with Crippen LogP contribution in [0, 0.1) is 6.92 Å². The summed E-state index contributed by atoms with van der Waals surface area (Å²) in [7, 11) is 3.23. The molecule has 0 unspecified atom stereocenters. The molecule has 1 aromatic heterocycles. The number of rotatable bonds is 6. The van der Waals surface area contributed by atoms with E-state index < -0.39 is 0 Å². The van der Waals surface area contributed by atoms with Gasteiger partial charge in [0.05, 0.1) is 26.3 Å². The van der Waals surface area contributed by atoms with E-state index >= 15 is 0 Å². The summed E-state index contributed by atoms with van der Waals surface area (Å²) in [5, 5.41) is 8.83. The standard InChI is InChI=1S/C25H28N4O3/c1-18-6-4-5-7-19(18)17-25(30)29-14-12-28(13-15-29)24-11-9-21(26-27-24)20-8-10-22(31-2)23(16-20)32-3/h4-11,16H,12-15,17H2,1-3H3. The number of hydrogen-bond donors (Lipinski definition) is 0. The van der Waals surface area contributed by atoms with E-state index in [9.17, 15) is 4.79 Å². The summed E-state index contributed by atoms with van der Waals surface area (Å²) in [4.78, 5) is 16.8. The Balaban J connectivity index is 1.37. The highest BCUT2D eigenvalue weighted by atomic mass is 16.5. The van der Waals surface area contributed by atoms with Crippen molar-refractivity contribution in [3.8, 4) is 22.8 Å². The number of carbonyl (C=O) groups is 1. The second-order valence-corrected chi connectivity index (χ2v) is 7.82. The van der Waals surface area contributed by atoms with Gasteiger partial charge in [0.25, 0.3) is 0 Å². The second-order valence-electron chi connectivity index (χ2n) is 7.82. The molecule has 1 aliphatic heterocycles. The monoisotopic (exact) mass is 432 g/mol. The Bertz CT molecular complexity index is 1080. The number of benzene rings is 2. The number of carbonyl (C=O) groups excluding carboxylic acids is 1. The lowest BCUT2D eigenvalue weighted by atomic mass is 10.1. The molecular formula is C25H28N4O3. The fraction of sp³-hybridized carbons (Fsp3) is 0.320. The van der Waals surface area contributed by atoms with Gasteiger partial charge in [-0.2, -0.15) is 0 Å². The molecule has 0 atom stereocenters. The number of amides is 1. The van der Waals surface area contributed by atoms with Gasteiger partial charge in [-0.3, -0.25) is 4.79 Å². The highest BCUT2D eigenvalue weighted by molar-refractivity contribution is 5.79. The molecule has 0 aliphatic carbocycles. The maximum absolute atomic E-state index is 12.7. The summed E-state index contributed by atoms with van der Waals surface area (Å²) in [5.74, 6) is 2.33. The van der Waals surface area contributed by atoms with E-state index in [1.807, 2.05) is 66.4 Å². The molecule has 0 radical (unpaired) electrons. The third-order valence-corrected chi connectivity index (χ3v) is 5.89. The van der Waals surface area contributed by atoms with E-state index in [0.29, 0.717) is 31.0 Å². The number of piperazine rings is 1. The van der Waals surface area contributed by atoms with Gasteiger partial charge in [-0.15, -0.1) is 10.2 Å². The van der Waals surface area contributed by atoms with Crippen LogP contribution in [0.25, 0.3) is 11.3 Å². The van der Waals surface area contributed by atoms with Crippen molar-refractivity contribution in [2.45, 2.75) is 13.3 Å². The van der Waals surface area contributed by atoms with Gasteiger partial charge in [0.1, 0.15) is 0 Å². The van der Waals surface area contributed by atoms with Crippen molar-refractivity contribution in [2.24, 2.45) is 0 Å². The van der Waals surface area contributed by atoms with E-state index in [1.54, 1.807) is 14.2 Å². The van der Waals surface area contributed by atoms with E-state index in [4.69, 9.17) is 9.47 Å². The van der Waals surface area contributed by atoms with Crippen LogP contribution < -0.4 is 14.4 Å². The molecule has 2 heterocycles. The Labute approximate surface area is 188 Å². The zero-order valence-corrected chi connectivity index (χ0v) is 18.7. The summed E-state index contributed by atoms with van der Waals surface area (Å²) >= 11 is 0. The van der Waals surface area contributed by atoms with Crippen molar-refractivity contribution >= 4 is 11.7 Å². The van der Waals surface area contributed by atoms with Crippen molar-refractivity contribution in [2.75, 3.05) is 45.3 Å². The van der Waals surface area contributed by atoms with Crippen LogP contribution in [0.5, 0.6) is 11.5 Å². The minimum absolute atomic E-state index is 0.175. The summed E-state index contributed by atoms with van der Waals surface area (Å²) in [6.07, 6.45) is 0.451. The van der Waals surface area contributed by atoms with Gasteiger partial charge < -0.3 is 19.3 Å². The summed E-state index contributed by atoms with van der Waals surface area (Å²) in [6.45, 7) is 4.90. The van der Waals surface area contributed by atoms with E-state index in [0.717, 1.165) is 41.3 Å². The van der Waals surface area contributed by atoms with Gasteiger partial charge in [-0.05, 0) is 48.4 Å². The van der Waals surface area contributed by atoms with Gasteiger partial charge >= 0.3 is 0 Å². The van der Waals surface area contributed by atoms with Crippen molar-refractivity contribution in [3.05, 3.63) is 65.7 Å². The largest absolute Gasteiger partial charge is 0.493 e. The Hall–Kier alpha value is -3.61. The third kappa shape index (κ3) is 4.66. The second kappa shape index (κ2) is 9.68. The topological polar surface area (TPSA) is 67.8 Å². The maximum Gasteiger partial charge on any atom is 0.227 e. The first-order valence-corrected chi connectivity index (χ1v) is 10.7. The number of anilines is 1. The van der Waals surface area contributed by atoms with Gasteiger partial charge in [-0.1, -0.05) is 24.3 Å². The van der Waals surface area contributed by atoms with E-state index in [1.165, 1.54) is 0 Å². The SMILES string of the molecule is COc1ccc(-c2ccc(N3CCN(C(=O)Cc4ccccc4C)CC3)nn2)cc1OC. The van der Waals surface area contributed by atoms with E-state index in [2.05, 4.69) is 15.1 Å². The molecule has 1 aliphatic rings. The summed E-state index contributed by atoms with van der Waals surface area (Å²) in [6, 6.07) is 17.7. The van der Waals surface area contributed by atoms with Crippen LogP contribution in [0.4, 0.5) is 5.82 Å². The summed E-state index contributed by atoms with van der Waals surface area (Å²) < 4.78 is 10.7. The van der Waals surface area contributed by atoms with Gasteiger partial charge in [0, 0.05) is 31.7 Å². The molecule has 2 aromatic carbocycles. The first-order valence-electron chi connectivity index (χ1n) is 10.7. The Morgan fingerprint density at radius 2 is 1.66 bits per heavy atom. The van der Waals surface area contributed by atoms with Gasteiger partial charge in [-0.25, -0.2) is 0 Å². The minimum Gasteiger partial charge on any atom is -0.493 e. The number of nitrogens with zero attached hydrogens (tertiary/aromatic N) is 4. The Kier molecular flexibility index (Phi) is 6.54. The number of methoxy groups -OCH3 is 2. The van der Waals surface area contributed by atoms with Crippen LogP contribution in [0.2, 0.25) is 0 Å². The van der Waals surface area contributed by atoms with E-state index in [-0.39, 0.29) is 5.91 Å². The quantitative estimate of drug-likeness (QED) is 0.595. The van der Waals surface area contributed by atoms with Crippen LogP contribution in [-0.4, -0.2) is 61.4 Å². The molecule has 0 N–H and O–H groups in total. The number of ether oxygens (including phenoxy) is 2. The number of hydrogen-bond acceptors (Lipinski definition) is 6. The zero-order valence-electron chi connectivity index (χ0n) is 18.7. The molecule has 1 amide bonds. The molecule has 0 spiro atoms. The molecular weight excluding hydrogens is 404 g/mol. The predicted molar refractivity (Wildman–Crippen MR) is 124 cm³/mol. The Morgan fingerprint density at radius 1 is 0.906 bits per heavy atom. The van der Waals surface area contributed by atoms with Crippen molar-refractivity contribution in [3.63, 3.8) is 0 Å². The smallest absolute Gasteiger partial charge is 0.227 e. The van der Waals surface area contributed by atoms with Crippen LogP contribution >= 0.6 is 0 Å². The minimum atomic E-state index is 0.175. The van der Waals surface area contributed by atoms with Crippen LogP contribution in [-0.2, 0) is 11.2 Å². The molecule has 3 aromatic rings. The average Bonchev–Trinajstić information content (AvgIpc) is 2.85. The normalized spacial score (nSPS) is 13.7. The lowest BCUT2D eigenvalue weighted by Crippen LogP contribution is -2.49. The number of aryl methyl sites for hydroxylation is 1. The van der Waals surface area contributed by atoms with Crippen molar-refractivity contribution in [1.82, 2.24) is 15.1 Å². The highest BCUT2D eigenvalue weighted by Gasteiger charge is 2.22. The number of aromatic nitrogens is 2. The lowest BCUT2D eigenvalue weighted by molar-refractivity contribution is -0.130. The summed E-state index contributed by atoms with van der Waals surface area (Å²) in [5.41, 5.74) is 3.93. The zero-order chi connectivity index (χ0) is 22.5. The molecule has 7 heteroatoms. The van der Waals surface area contributed by atoms with Crippen molar-refractivity contribution in [1.29, 1.82) is 0 Å². The van der Waals surface area contributed by atoms with Crippen molar-refractivity contribution < 1.29 is 14.3 Å². The van der Waals surface area contributed by atoms with Crippen LogP contribution in [0.1, 0.15) is 11.1 Å². The molecule has 7 nitrogen and oxygen atoms in total. The first kappa shape index (κ1) is 21.6. The fourth-order valence-electron chi connectivity index (χ4n) is 3.91. The lowest BCUT2D eigenvalue weighted by Gasteiger charge is -2.35. The van der Waals surface area contributed by atoms with Crippen LogP contribution in [0.3, 0.4) is 0 Å². The Morgan fingerprint density at radius 3 is 2.31 bits per heavy atom. The molecule has 0 saturated carbocycles. The first-order chi connectivity index (χ1) is 15.6. The third-order valence-electron chi connectivity index (χ3n) is 5.89. The molecule has 32 heavy (non-hydrogen) atoms. The molecule has 0 bridgehead atoms. The molecule has 4 rings (SSSR count). The van der Waals surface area contributed by atoms with Gasteiger partial charge in [0.2, 0.25) is 5.91 Å². The van der Waals surface area contributed by atoms with Gasteiger partial charge in [0.15, 0.2) is 17.3 Å². The highest BCUT2D eigenvalue weighted by Crippen LogP contribution is 2.31. The molecule has 1 saturated heterocycles. The molecule has 166 valence electrons.